The monoisotopic (exact) mass is 378 g/mol. The zero-order valence-electron chi connectivity index (χ0n) is 14.1. The summed E-state index contributed by atoms with van der Waals surface area (Å²) in [6, 6.07) is 11.5. The largest absolute Gasteiger partial charge is 0.454 e. The zero-order valence-corrected chi connectivity index (χ0v) is 15.0. The van der Waals surface area contributed by atoms with Crippen LogP contribution in [0.1, 0.15) is 18.5 Å². The SMILES string of the molecule is C[C@H]([NH2+]CC(=O)Nc1ccc2c(c1)OCO2)c1ccc(S(N)(=O)=O)cc1. The van der Waals surface area contributed by atoms with Crippen LogP contribution in [-0.4, -0.2) is 27.7 Å². The van der Waals surface area contributed by atoms with Crippen LogP contribution in [0.2, 0.25) is 0 Å². The molecule has 1 heterocycles. The highest BCUT2D eigenvalue weighted by molar-refractivity contribution is 7.89. The Morgan fingerprint density at radius 2 is 1.88 bits per heavy atom. The van der Waals surface area contributed by atoms with Gasteiger partial charge in [-0.1, -0.05) is 12.1 Å². The van der Waals surface area contributed by atoms with Crippen molar-refractivity contribution >= 4 is 21.6 Å². The van der Waals surface area contributed by atoms with Crippen LogP contribution in [0.25, 0.3) is 0 Å². The van der Waals surface area contributed by atoms with E-state index in [1.807, 2.05) is 12.2 Å². The molecule has 3 rings (SSSR count). The highest BCUT2D eigenvalue weighted by Crippen LogP contribution is 2.34. The quantitative estimate of drug-likeness (QED) is 0.668. The smallest absolute Gasteiger partial charge is 0.279 e. The second-order valence-corrected chi connectivity index (χ2v) is 7.52. The van der Waals surface area contributed by atoms with Crippen LogP contribution in [0.5, 0.6) is 11.5 Å². The van der Waals surface area contributed by atoms with Crippen LogP contribution < -0.4 is 25.2 Å². The molecule has 5 N–H and O–H groups in total. The highest BCUT2D eigenvalue weighted by Gasteiger charge is 2.16. The second kappa shape index (κ2) is 7.32. The van der Waals surface area contributed by atoms with Gasteiger partial charge in [-0.15, -0.1) is 0 Å². The van der Waals surface area contributed by atoms with Crippen molar-refractivity contribution < 1.29 is 28.0 Å². The summed E-state index contributed by atoms with van der Waals surface area (Å²) in [6.45, 7) is 2.33. The number of sulfonamides is 1. The average molecular weight is 378 g/mol. The van der Waals surface area contributed by atoms with Gasteiger partial charge in [0.25, 0.3) is 5.91 Å². The lowest BCUT2D eigenvalue weighted by atomic mass is 10.1. The molecule has 0 saturated carbocycles. The Hall–Kier alpha value is -2.62. The predicted octanol–water partition coefficient (Wildman–Crippen LogP) is 0.326. The van der Waals surface area contributed by atoms with Crippen molar-refractivity contribution in [3.63, 3.8) is 0 Å². The number of primary sulfonamides is 1. The summed E-state index contributed by atoms with van der Waals surface area (Å²) in [5.74, 6) is 1.11. The molecule has 0 bridgehead atoms. The molecule has 26 heavy (non-hydrogen) atoms. The minimum Gasteiger partial charge on any atom is -0.454 e. The zero-order chi connectivity index (χ0) is 18.7. The molecule has 2 aromatic rings. The van der Waals surface area contributed by atoms with E-state index in [4.69, 9.17) is 14.6 Å². The van der Waals surface area contributed by atoms with Crippen molar-refractivity contribution in [1.82, 2.24) is 0 Å². The van der Waals surface area contributed by atoms with Crippen LogP contribution in [0.3, 0.4) is 0 Å². The summed E-state index contributed by atoms with van der Waals surface area (Å²) in [5.41, 5.74) is 1.53. The third-order valence-electron chi connectivity index (χ3n) is 4.05. The number of ether oxygens (including phenoxy) is 2. The van der Waals surface area contributed by atoms with E-state index < -0.39 is 10.0 Å². The van der Waals surface area contributed by atoms with E-state index in [2.05, 4.69) is 5.32 Å². The molecule has 0 spiro atoms. The number of nitrogens with two attached hydrogens (primary N) is 2. The number of nitrogens with one attached hydrogen (secondary N) is 1. The minimum atomic E-state index is -3.70. The van der Waals surface area contributed by atoms with Gasteiger partial charge >= 0.3 is 0 Å². The normalized spacial score (nSPS) is 14.1. The lowest BCUT2D eigenvalue weighted by molar-refractivity contribution is -0.682. The summed E-state index contributed by atoms with van der Waals surface area (Å²) in [7, 11) is -3.70. The molecular weight excluding hydrogens is 358 g/mol. The maximum absolute atomic E-state index is 12.1. The summed E-state index contributed by atoms with van der Waals surface area (Å²) < 4.78 is 33.1. The van der Waals surface area contributed by atoms with E-state index in [-0.39, 0.29) is 30.2 Å². The van der Waals surface area contributed by atoms with Gasteiger partial charge in [-0.2, -0.15) is 0 Å². The molecule has 1 aliphatic rings. The van der Waals surface area contributed by atoms with E-state index in [9.17, 15) is 13.2 Å². The molecule has 0 saturated heterocycles. The Morgan fingerprint density at radius 3 is 2.58 bits per heavy atom. The number of quaternary nitrogens is 1. The van der Waals surface area contributed by atoms with Crippen molar-refractivity contribution in [3.05, 3.63) is 48.0 Å². The van der Waals surface area contributed by atoms with Crippen LogP contribution in [0.4, 0.5) is 5.69 Å². The number of anilines is 1. The summed E-state index contributed by atoms with van der Waals surface area (Å²) >= 11 is 0. The molecule has 0 fully saturated rings. The van der Waals surface area contributed by atoms with Gasteiger partial charge in [0.15, 0.2) is 18.0 Å². The first-order chi connectivity index (χ1) is 12.3. The third kappa shape index (κ3) is 4.31. The van der Waals surface area contributed by atoms with Gasteiger partial charge in [-0.05, 0) is 31.2 Å². The number of fused-ring (bicyclic) bond motifs is 1. The third-order valence-corrected chi connectivity index (χ3v) is 4.98. The van der Waals surface area contributed by atoms with Gasteiger partial charge in [0.05, 0.1) is 4.90 Å². The van der Waals surface area contributed by atoms with Gasteiger partial charge < -0.3 is 20.1 Å². The number of rotatable bonds is 6. The maximum atomic E-state index is 12.1. The number of hydrogen-bond acceptors (Lipinski definition) is 5. The van der Waals surface area contributed by atoms with Crippen molar-refractivity contribution in [1.29, 1.82) is 0 Å². The Balaban J connectivity index is 1.54. The fourth-order valence-corrected chi connectivity index (χ4v) is 3.08. The first-order valence-electron chi connectivity index (χ1n) is 7.98. The van der Waals surface area contributed by atoms with Crippen LogP contribution in [0.15, 0.2) is 47.4 Å². The maximum Gasteiger partial charge on any atom is 0.279 e. The fraction of sp³-hybridized carbons (Fsp3) is 0.235. The van der Waals surface area contributed by atoms with Crippen LogP contribution in [-0.2, 0) is 14.8 Å². The molecular formula is C17H20N3O5S+. The number of carbonyl (C=O) groups is 1. The van der Waals surface area contributed by atoms with Gasteiger partial charge in [0.2, 0.25) is 16.8 Å². The van der Waals surface area contributed by atoms with Crippen molar-refractivity contribution in [2.75, 3.05) is 18.7 Å². The van der Waals surface area contributed by atoms with Crippen LogP contribution in [0, 0.1) is 0 Å². The number of amides is 1. The highest BCUT2D eigenvalue weighted by atomic mass is 32.2. The van der Waals surface area contributed by atoms with E-state index in [0.29, 0.717) is 17.2 Å². The molecule has 1 aliphatic heterocycles. The Morgan fingerprint density at radius 1 is 1.19 bits per heavy atom. The molecule has 138 valence electrons. The Labute approximate surface area is 151 Å². The van der Waals surface area contributed by atoms with E-state index in [1.54, 1.807) is 30.3 Å². The summed E-state index contributed by atoms with van der Waals surface area (Å²) in [6.07, 6.45) is 0. The summed E-state index contributed by atoms with van der Waals surface area (Å²) in [4.78, 5) is 12.2. The Kier molecular flexibility index (Phi) is 5.12. The van der Waals surface area contributed by atoms with Crippen molar-refractivity contribution in [2.45, 2.75) is 17.9 Å². The fourth-order valence-electron chi connectivity index (χ4n) is 2.57. The van der Waals surface area contributed by atoms with Gasteiger partial charge in [0.1, 0.15) is 6.04 Å². The number of hydrogen-bond donors (Lipinski definition) is 3. The molecule has 0 unspecified atom stereocenters. The predicted molar refractivity (Wildman–Crippen MR) is 94.2 cm³/mol. The topological polar surface area (TPSA) is 124 Å². The molecule has 0 aliphatic carbocycles. The van der Waals surface area contributed by atoms with Gasteiger partial charge in [-0.3, -0.25) is 4.79 Å². The minimum absolute atomic E-state index is 0.0213. The van der Waals surface area contributed by atoms with Gasteiger partial charge in [0, 0.05) is 17.3 Å². The molecule has 2 aromatic carbocycles. The lowest BCUT2D eigenvalue weighted by Crippen LogP contribution is -2.86. The second-order valence-electron chi connectivity index (χ2n) is 5.96. The van der Waals surface area contributed by atoms with E-state index >= 15 is 0 Å². The van der Waals surface area contributed by atoms with Crippen molar-refractivity contribution in [3.8, 4) is 11.5 Å². The first-order valence-corrected chi connectivity index (χ1v) is 9.53. The number of benzene rings is 2. The summed E-state index contributed by atoms with van der Waals surface area (Å²) in [5, 5.41) is 9.74. The lowest BCUT2D eigenvalue weighted by Gasteiger charge is -2.12. The molecule has 8 nitrogen and oxygen atoms in total. The molecule has 0 aromatic heterocycles. The Bertz CT molecular complexity index is 912. The molecule has 1 amide bonds. The van der Waals surface area contributed by atoms with Crippen LogP contribution >= 0.6 is 0 Å². The molecule has 0 radical (unpaired) electrons. The average Bonchev–Trinajstić information content (AvgIpc) is 3.07. The van der Waals surface area contributed by atoms with Crippen molar-refractivity contribution in [2.24, 2.45) is 5.14 Å². The molecule has 9 heteroatoms. The number of carbonyl (C=O) groups excluding carboxylic acids is 1. The van der Waals surface area contributed by atoms with E-state index in [1.165, 1.54) is 12.1 Å². The first kappa shape index (κ1) is 18.2. The van der Waals surface area contributed by atoms with E-state index in [0.717, 1.165) is 5.56 Å². The van der Waals surface area contributed by atoms with Gasteiger partial charge in [-0.25, -0.2) is 13.6 Å². The molecule has 1 atom stereocenters. The standard InChI is InChI=1S/C17H19N3O5S/c1-11(12-2-5-14(6-3-12)26(18,22)23)19-9-17(21)20-13-4-7-15-16(8-13)25-10-24-15/h2-8,11,19H,9-10H2,1H3,(H,20,21)(H2,18,22,23)/p+1/t11-/m0/s1.